The van der Waals surface area contributed by atoms with E-state index in [2.05, 4.69) is 5.32 Å². The van der Waals surface area contributed by atoms with Crippen LogP contribution in [0.4, 0.5) is 0 Å². The van der Waals surface area contributed by atoms with Gasteiger partial charge in [-0.15, -0.1) is 0 Å². The van der Waals surface area contributed by atoms with Crippen LogP contribution in [-0.2, 0) is 14.4 Å². The van der Waals surface area contributed by atoms with Crippen molar-refractivity contribution in [2.24, 2.45) is 0 Å². The summed E-state index contributed by atoms with van der Waals surface area (Å²) < 4.78 is 0. The summed E-state index contributed by atoms with van der Waals surface area (Å²) in [6.07, 6.45) is 0.311. The van der Waals surface area contributed by atoms with E-state index in [1.165, 1.54) is 11.8 Å². The van der Waals surface area contributed by atoms with E-state index in [4.69, 9.17) is 0 Å². The first-order valence-electron chi connectivity index (χ1n) is 4.58. The predicted octanol–water partition coefficient (Wildman–Crippen LogP) is -0.688. The van der Waals surface area contributed by atoms with Crippen molar-refractivity contribution in [3.63, 3.8) is 0 Å². The Bertz CT molecular complexity index is 275. The number of amides is 2. The highest BCUT2D eigenvalue weighted by molar-refractivity contribution is 5.94. The zero-order valence-electron chi connectivity index (χ0n) is 8.37. The maximum atomic E-state index is 11.5. The molecule has 0 spiro atoms. The van der Waals surface area contributed by atoms with E-state index < -0.39 is 6.04 Å². The molecule has 0 aromatic rings. The number of carbonyl (C=O) groups excluding carboxylic acids is 3. The van der Waals surface area contributed by atoms with Crippen molar-refractivity contribution in [3.8, 4) is 0 Å². The van der Waals surface area contributed by atoms with E-state index in [-0.39, 0.29) is 24.1 Å². The highest BCUT2D eigenvalue weighted by Gasteiger charge is 2.28. The van der Waals surface area contributed by atoms with Crippen LogP contribution in [0.15, 0.2) is 0 Å². The zero-order chi connectivity index (χ0) is 10.7. The zero-order valence-corrected chi connectivity index (χ0v) is 8.37. The smallest absolute Gasteiger partial charge is 0.245 e. The molecule has 2 amide bonds. The van der Waals surface area contributed by atoms with E-state index >= 15 is 0 Å². The van der Waals surface area contributed by atoms with Crippen LogP contribution in [0.25, 0.3) is 0 Å². The lowest BCUT2D eigenvalue weighted by molar-refractivity contribution is -0.144. The van der Waals surface area contributed by atoms with Gasteiger partial charge in [-0.3, -0.25) is 14.4 Å². The van der Waals surface area contributed by atoms with Crippen LogP contribution >= 0.6 is 0 Å². The molecule has 1 aliphatic heterocycles. The lowest BCUT2D eigenvalue weighted by Gasteiger charge is -2.30. The molecule has 78 valence electrons. The molecule has 0 aromatic carbocycles. The van der Waals surface area contributed by atoms with Crippen LogP contribution in [0, 0.1) is 0 Å². The number of nitrogens with zero attached hydrogens (tertiary/aromatic N) is 1. The molecule has 1 N–H and O–H groups in total. The Balaban J connectivity index is 2.53. The Morgan fingerprint density at radius 3 is 2.79 bits per heavy atom. The normalized spacial score (nSPS) is 22.1. The SMILES string of the molecule is CC(=O)CCN1CC(=O)NC(C)C1=O. The van der Waals surface area contributed by atoms with Gasteiger partial charge < -0.3 is 10.2 Å². The fraction of sp³-hybridized carbons (Fsp3) is 0.667. The van der Waals surface area contributed by atoms with Crippen LogP contribution < -0.4 is 5.32 Å². The van der Waals surface area contributed by atoms with Crippen LogP contribution in [0.3, 0.4) is 0 Å². The van der Waals surface area contributed by atoms with Crippen molar-refractivity contribution in [2.75, 3.05) is 13.1 Å². The third-order valence-electron chi connectivity index (χ3n) is 2.13. The van der Waals surface area contributed by atoms with E-state index in [1.54, 1.807) is 6.92 Å². The van der Waals surface area contributed by atoms with Crippen molar-refractivity contribution in [1.82, 2.24) is 10.2 Å². The molecular formula is C9H14N2O3. The third kappa shape index (κ3) is 2.55. The number of hydrogen-bond acceptors (Lipinski definition) is 3. The largest absolute Gasteiger partial charge is 0.343 e. The fourth-order valence-electron chi connectivity index (χ4n) is 1.36. The Hall–Kier alpha value is -1.39. The quantitative estimate of drug-likeness (QED) is 0.653. The average molecular weight is 198 g/mol. The molecule has 1 aliphatic rings. The molecule has 5 nitrogen and oxygen atoms in total. The van der Waals surface area contributed by atoms with Gasteiger partial charge >= 0.3 is 0 Å². The standard InChI is InChI=1S/C9H14N2O3/c1-6(12)3-4-11-5-8(13)10-7(2)9(11)14/h7H,3-5H2,1-2H3,(H,10,13). The molecule has 0 saturated carbocycles. The maximum Gasteiger partial charge on any atom is 0.245 e. The summed E-state index contributed by atoms with van der Waals surface area (Å²) in [4.78, 5) is 34.7. The van der Waals surface area contributed by atoms with E-state index in [0.29, 0.717) is 13.0 Å². The van der Waals surface area contributed by atoms with Crippen molar-refractivity contribution in [1.29, 1.82) is 0 Å². The Kier molecular flexibility index (Phi) is 3.22. The molecular weight excluding hydrogens is 184 g/mol. The number of rotatable bonds is 3. The molecule has 14 heavy (non-hydrogen) atoms. The van der Waals surface area contributed by atoms with Gasteiger partial charge in [0, 0.05) is 13.0 Å². The van der Waals surface area contributed by atoms with Crippen molar-refractivity contribution >= 4 is 17.6 Å². The number of piperazine rings is 1. The number of Topliss-reactive ketones (excluding diaryl/α,β-unsaturated/α-hetero) is 1. The van der Waals surface area contributed by atoms with Crippen molar-refractivity contribution < 1.29 is 14.4 Å². The van der Waals surface area contributed by atoms with Gasteiger partial charge in [-0.1, -0.05) is 0 Å². The second-order valence-corrected chi connectivity index (χ2v) is 3.50. The fourth-order valence-corrected chi connectivity index (χ4v) is 1.36. The molecule has 0 aromatic heterocycles. The van der Waals surface area contributed by atoms with Crippen molar-refractivity contribution in [3.05, 3.63) is 0 Å². The number of hydrogen-bond donors (Lipinski definition) is 1. The van der Waals surface area contributed by atoms with Gasteiger partial charge in [0.25, 0.3) is 0 Å². The highest BCUT2D eigenvalue weighted by Crippen LogP contribution is 2.02. The minimum Gasteiger partial charge on any atom is -0.343 e. The topological polar surface area (TPSA) is 66.5 Å². The monoisotopic (exact) mass is 198 g/mol. The highest BCUT2D eigenvalue weighted by atomic mass is 16.2. The minimum absolute atomic E-state index is 0.0245. The van der Waals surface area contributed by atoms with Crippen LogP contribution in [0.5, 0.6) is 0 Å². The van der Waals surface area contributed by atoms with Gasteiger partial charge in [-0.05, 0) is 13.8 Å². The summed E-state index contributed by atoms with van der Waals surface area (Å²) in [5.41, 5.74) is 0. The van der Waals surface area contributed by atoms with E-state index in [9.17, 15) is 14.4 Å². The summed E-state index contributed by atoms with van der Waals surface area (Å²) in [6.45, 7) is 3.51. The second-order valence-electron chi connectivity index (χ2n) is 3.50. The third-order valence-corrected chi connectivity index (χ3v) is 2.13. The minimum atomic E-state index is -0.469. The van der Waals surface area contributed by atoms with Crippen LogP contribution in [0.2, 0.25) is 0 Å². The van der Waals surface area contributed by atoms with Crippen LogP contribution in [0.1, 0.15) is 20.3 Å². The van der Waals surface area contributed by atoms with Crippen molar-refractivity contribution in [2.45, 2.75) is 26.3 Å². The molecule has 1 rings (SSSR count). The Morgan fingerprint density at radius 2 is 2.21 bits per heavy atom. The first-order valence-corrected chi connectivity index (χ1v) is 4.58. The van der Waals surface area contributed by atoms with Gasteiger partial charge in [-0.25, -0.2) is 0 Å². The lowest BCUT2D eigenvalue weighted by atomic mass is 10.2. The Labute approximate surface area is 82.4 Å². The summed E-state index contributed by atoms with van der Waals surface area (Å²) >= 11 is 0. The first-order chi connectivity index (χ1) is 6.50. The summed E-state index contributed by atoms with van der Waals surface area (Å²) in [7, 11) is 0. The maximum absolute atomic E-state index is 11.5. The van der Waals surface area contributed by atoms with Crippen LogP contribution in [-0.4, -0.2) is 41.6 Å². The summed E-state index contributed by atoms with van der Waals surface area (Å²) in [5.74, 6) is -0.261. The van der Waals surface area contributed by atoms with Gasteiger partial charge in [0.15, 0.2) is 0 Å². The molecule has 0 radical (unpaired) electrons. The van der Waals surface area contributed by atoms with Gasteiger partial charge in [0.1, 0.15) is 11.8 Å². The first kappa shape index (κ1) is 10.7. The molecule has 5 heteroatoms. The molecule has 0 bridgehead atoms. The Morgan fingerprint density at radius 1 is 1.57 bits per heavy atom. The predicted molar refractivity (Wildman–Crippen MR) is 49.5 cm³/mol. The second kappa shape index (κ2) is 4.21. The number of nitrogens with one attached hydrogen (secondary N) is 1. The summed E-state index contributed by atoms with van der Waals surface area (Å²) in [5, 5.41) is 2.53. The summed E-state index contributed by atoms with van der Waals surface area (Å²) in [6, 6.07) is -0.469. The molecule has 1 heterocycles. The lowest BCUT2D eigenvalue weighted by Crippen LogP contribution is -2.57. The van der Waals surface area contributed by atoms with Gasteiger partial charge in [0.2, 0.25) is 11.8 Å². The van der Waals surface area contributed by atoms with Gasteiger partial charge in [-0.2, -0.15) is 0 Å². The van der Waals surface area contributed by atoms with E-state index in [1.807, 2.05) is 0 Å². The molecule has 1 atom stereocenters. The van der Waals surface area contributed by atoms with E-state index in [0.717, 1.165) is 0 Å². The number of carbonyl (C=O) groups is 3. The molecule has 0 aliphatic carbocycles. The van der Waals surface area contributed by atoms with Gasteiger partial charge in [0.05, 0.1) is 6.54 Å². The number of ketones is 1. The molecule has 1 fully saturated rings. The average Bonchev–Trinajstić information content (AvgIpc) is 2.08. The molecule has 1 unspecified atom stereocenters. The molecule has 1 saturated heterocycles.